The molecule has 1 saturated heterocycles. The van der Waals surface area contributed by atoms with Crippen LogP contribution >= 0.6 is 0 Å². The normalized spacial score (nSPS) is 20.3. The van der Waals surface area contributed by atoms with Crippen LogP contribution in [0.25, 0.3) is 11.2 Å². The SMILES string of the molecule is CC(C)(C)c1nc2cccnc2n1CC1CCCN1. The van der Waals surface area contributed by atoms with Crippen LogP contribution in [0.2, 0.25) is 0 Å². The summed E-state index contributed by atoms with van der Waals surface area (Å²) in [6, 6.07) is 4.57. The molecule has 0 amide bonds. The van der Waals surface area contributed by atoms with Gasteiger partial charge in [-0.15, -0.1) is 0 Å². The van der Waals surface area contributed by atoms with Gasteiger partial charge in [0, 0.05) is 24.2 Å². The zero-order valence-corrected chi connectivity index (χ0v) is 12.0. The van der Waals surface area contributed by atoms with E-state index >= 15 is 0 Å². The molecule has 19 heavy (non-hydrogen) atoms. The average Bonchev–Trinajstić information content (AvgIpc) is 2.97. The summed E-state index contributed by atoms with van der Waals surface area (Å²) < 4.78 is 2.30. The Hall–Kier alpha value is -1.42. The van der Waals surface area contributed by atoms with Gasteiger partial charge in [0.1, 0.15) is 11.3 Å². The predicted octanol–water partition coefficient (Wildman–Crippen LogP) is 2.48. The van der Waals surface area contributed by atoms with Gasteiger partial charge < -0.3 is 9.88 Å². The monoisotopic (exact) mass is 258 g/mol. The summed E-state index contributed by atoms with van der Waals surface area (Å²) in [6.07, 6.45) is 4.38. The van der Waals surface area contributed by atoms with E-state index in [1.54, 1.807) is 0 Å². The first kappa shape index (κ1) is 12.6. The van der Waals surface area contributed by atoms with Crippen molar-refractivity contribution in [3.63, 3.8) is 0 Å². The number of nitrogens with zero attached hydrogens (tertiary/aromatic N) is 3. The molecule has 3 heterocycles. The number of hydrogen-bond acceptors (Lipinski definition) is 3. The quantitative estimate of drug-likeness (QED) is 0.900. The summed E-state index contributed by atoms with van der Waals surface area (Å²) >= 11 is 0. The van der Waals surface area contributed by atoms with Crippen molar-refractivity contribution in [2.24, 2.45) is 0 Å². The third-order valence-electron chi connectivity index (χ3n) is 3.74. The Labute approximate surface area is 114 Å². The van der Waals surface area contributed by atoms with Gasteiger partial charge in [-0.1, -0.05) is 20.8 Å². The zero-order chi connectivity index (χ0) is 13.5. The molecule has 1 N–H and O–H groups in total. The first-order valence-corrected chi connectivity index (χ1v) is 7.11. The lowest BCUT2D eigenvalue weighted by molar-refractivity contribution is 0.455. The highest BCUT2D eigenvalue weighted by Gasteiger charge is 2.25. The van der Waals surface area contributed by atoms with Crippen molar-refractivity contribution >= 4 is 11.2 Å². The largest absolute Gasteiger partial charge is 0.312 e. The summed E-state index contributed by atoms with van der Waals surface area (Å²) in [6.45, 7) is 8.75. The topological polar surface area (TPSA) is 42.7 Å². The zero-order valence-electron chi connectivity index (χ0n) is 12.0. The minimum Gasteiger partial charge on any atom is -0.312 e. The standard InChI is InChI=1S/C15H22N4/c1-15(2,3)14-18-12-7-5-9-17-13(12)19(14)10-11-6-4-8-16-11/h5,7,9,11,16H,4,6,8,10H2,1-3H3. The molecular weight excluding hydrogens is 236 g/mol. The molecule has 102 valence electrons. The number of aromatic nitrogens is 3. The highest BCUT2D eigenvalue weighted by atomic mass is 15.2. The molecule has 0 aromatic carbocycles. The molecule has 0 bridgehead atoms. The Bertz CT molecular complexity index is 573. The molecule has 1 atom stereocenters. The van der Waals surface area contributed by atoms with Gasteiger partial charge in [-0.2, -0.15) is 0 Å². The lowest BCUT2D eigenvalue weighted by atomic mass is 9.95. The summed E-state index contributed by atoms with van der Waals surface area (Å²) in [5, 5.41) is 3.56. The summed E-state index contributed by atoms with van der Waals surface area (Å²) in [5.41, 5.74) is 2.06. The molecule has 1 fully saturated rings. The van der Waals surface area contributed by atoms with Gasteiger partial charge in [0.25, 0.3) is 0 Å². The van der Waals surface area contributed by atoms with Gasteiger partial charge in [-0.25, -0.2) is 9.97 Å². The van der Waals surface area contributed by atoms with Gasteiger partial charge in [-0.3, -0.25) is 0 Å². The van der Waals surface area contributed by atoms with Gasteiger partial charge in [0.2, 0.25) is 0 Å². The summed E-state index contributed by atoms with van der Waals surface area (Å²) in [5.74, 6) is 1.13. The average molecular weight is 258 g/mol. The fourth-order valence-corrected chi connectivity index (χ4v) is 2.84. The molecule has 3 rings (SSSR count). The van der Waals surface area contributed by atoms with E-state index in [2.05, 4.69) is 41.7 Å². The van der Waals surface area contributed by atoms with Crippen LogP contribution in [0.15, 0.2) is 18.3 Å². The third kappa shape index (κ3) is 2.37. The Balaban J connectivity index is 2.07. The molecule has 0 radical (unpaired) electrons. The first-order valence-electron chi connectivity index (χ1n) is 7.11. The van der Waals surface area contributed by atoms with Crippen LogP contribution in [0.3, 0.4) is 0 Å². The van der Waals surface area contributed by atoms with Gasteiger partial charge in [0.05, 0.1) is 0 Å². The minimum absolute atomic E-state index is 0.0410. The summed E-state index contributed by atoms with van der Waals surface area (Å²) in [7, 11) is 0. The number of hydrogen-bond donors (Lipinski definition) is 1. The molecule has 1 aliphatic rings. The number of rotatable bonds is 2. The third-order valence-corrected chi connectivity index (χ3v) is 3.74. The van der Waals surface area contributed by atoms with Crippen LogP contribution in [0, 0.1) is 0 Å². The molecule has 0 spiro atoms. The van der Waals surface area contributed by atoms with E-state index in [4.69, 9.17) is 4.98 Å². The fraction of sp³-hybridized carbons (Fsp3) is 0.600. The molecular formula is C15H22N4. The van der Waals surface area contributed by atoms with E-state index in [1.807, 2.05) is 12.3 Å². The molecule has 0 aliphatic carbocycles. The van der Waals surface area contributed by atoms with Crippen LogP contribution in [0.5, 0.6) is 0 Å². The van der Waals surface area contributed by atoms with Crippen LogP contribution < -0.4 is 5.32 Å². The maximum atomic E-state index is 4.80. The van der Waals surface area contributed by atoms with Gasteiger partial charge in [0.15, 0.2) is 5.65 Å². The van der Waals surface area contributed by atoms with Gasteiger partial charge in [-0.05, 0) is 31.5 Å². The van der Waals surface area contributed by atoms with Crippen molar-refractivity contribution in [2.75, 3.05) is 6.54 Å². The highest BCUT2D eigenvalue weighted by Crippen LogP contribution is 2.26. The number of nitrogens with one attached hydrogen (secondary N) is 1. The molecule has 4 nitrogen and oxygen atoms in total. The Morgan fingerprint density at radius 1 is 1.42 bits per heavy atom. The Morgan fingerprint density at radius 2 is 2.26 bits per heavy atom. The van der Waals surface area contributed by atoms with E-state index < -0.39 is 0 Å². The first-order chi connectivity index (χ1) is 9.05. The van der Waals surface area contributed by atoms with Crippen LogP contribution in [-0.2, 0) is 12.0 Å². The van der Waals surface area contributed by atoms with Crippen LogP contribution in [-0.4, -0.2) is 27.1 Å². The van der Waals surface area contributed by atoms with E-state index in [-0.39, 0.29) is 5.41 Å². The lowest BCUT2D eigenvalue weighted by Crippen LogP contribution is -2.30. The Kier molecular flexibility index (Phi) is 3.05. The highest BCUT2D eigenvalue weighted by molar-refractivity contribution is 5.71. The van der Waals surface area contributed by atoms with Crippen molar-refractivity contribution < 1.29 is 0 Å². The second-order valence-corrected chi connectivity index (χ2v) is 6.44. The van der Waals surface area contributed by atoms with E-state index in [1.165, 1.54) is 12.8 Å². The van der Waals surface area contributed by atoms with Crippen molar-refractivity contribution in [1.82, 2.24) is 19.9 Å². The predicted molar refractivity (Wildman–Crippen MR) is 77.3 cm³/mol. The summed E-state index contributed by atoms with van der Waals surface area (Å²) in [4.78, 5) is 9.33. The number of imidazole rings is 1. The van der Waals surface area contributed by atoms with Crippen molar-refractivity contribution in [2.45, 2.75) is 51.6 Å². The van der Waals surface area contributed by atoms with E-state index in [0.29, 0.717) is 6.04 Å². The van der Waals surface area contributed by atoms with Gasteiger partial charge >= 0.3 is 0 Å². The van der Waals surface area contributed by atoms with E-state index in [9.17, 15) is 0 Å². The smallest absolute Gasteiger partial charge is 0.160 e. The van der Waals surface area contributed by atoms with E-state index in [0.717, 1.165) is 30.1 Å². The molecule has 0 saturated carbocycles. The van der Waals surface area contributed by atoms with Crippen molar-refractivity contribution in [3.8, 4) is 0 Å². The molecule has 2 aromatic heterocycles. The molecule has 4 heteroatoms. The minimum atomic E-state index is 0.0410. The fourth-order valence-electron chi connectivity index (χ4n) is 2.84. The van der Waals surface area contributed by atoms with Crippen molar-refractivity contribution in [1.29, 1.82) is 0 Å². The number of fused-ring (bicyclic) bond motifs is 1. The Morgan fingerprint density at radius 3 is 2.95 bits per heavy atom. The molecule has 2 aromatic rings. The second kappa shape index (κ2) is 4.60. The van der Waals surface area contributed by atoms with Crippen LogP contribution in [0.1, 0.15) is 39.4 Å². The van der Waals surface area contributed by atoms with Crippen LogP contribution in [0.4, 0.5) is 0 Å². The second-order valence-electron chi connectivity index (χ2n) is 6.44. The number of pyridine rings is 1. The lowest BCUT2D eigenvalue weighted by Gasteiger charge is -2.21. The maximum absolute atomic E-state index is 4.80. The molecule has 1 aliphatic heterocycles. The molecule has 1 unspecified atom stereocenters. The maximum Gasteiger partial charge on any atom is 0.160 e. The van der Waals surface area contributed by atoms with Crippen molar-refractivity contribution in [3.05, 3.63) is 24.2 Å².